The number of aryl methyl sites for hydroxylation is 1. The summed E-state index contributed by atoms with van der Waals surface area (Å²) in [5, 5.41) is 9.75. The molecule has 2 aromatic carbocycles. The maximum absolute atomic E-state index is 14.0. The lowest BCUT2D eigenvalue weighted by Gasteiger charge is -2.17. The number of hydrogen-bond acceptors (Lipinski definition) is 6. The lowest BCUT2D eigenvalue weighted by atomic mass is 10.1. The van der Waals surface area contributed by atoms with Crippen molar-refractivity contribution in [1.82, 2.24) is 14.5 Å². The number of rotatable bonds is 5. The molecule has 0 amide bonds. The normalized spacial score (nSPS) is 11.4. The van der Waals surface area contributed by atoms with Crippen LogP contribution in [0.15, 0.2) is 42.5 Å². The molecule has 4 aromatic rings. The van der Waals surface area contributed by atoms with Crippen LogP contribution in [0.4, 0.5) is 19.0 Å². The average Bonchev–Trinajstić information content (AvgIpc) is 3.07. The first-order chi connectivity index (χ1) is 16.2. The number of methoxy groups -OCH3 is 1. The van der Waals surface area contributed by atoms with Crippen molar-refractivity contribution in [2.75, 3.05) is 12.8 Å². The number of nitrogens with zero attached hydrogens (tertiary/aromatic N) is 4. The van der Waals surface area contributed by atoms with Crippen LogP contribution < -0.4 is 15.2 Å². The van der Waals surface area contributed by atoms with Gasteiger partial charge in [0.05, 0.1) is 12.8 Å². The Morgan fingerprint density at radius 1 is 1.09 bits per heavy atom. The molecule has 174 valence electrons. The van der Waals surface area contributed by atoms with Crippen molar-refractivity contribution in [3.05, 3.63) is 70.4 Å². The van der Waals surface area contributed by atoms with Gasteiger partial charge in [0.1, 0.15) is 35.3 Å². The minimum absolute atomic E-state index is 0.0784. The number of aromatic nitrogens is 3. The van der Waals surface area contributed by atoms with Gasteiger partial charge < -0.3 is 15.2 Å². The van der Waals surface area contributed by atoms with E-state index in [-0.39, 0.29) is 29.2 Å². The predicted octanol–water partition coefficient (Wildman–Crippen LogP) is 5.10. The Kier molecular flexibility index (Phi) is 5.79. The number of fused-ring (bicyclic) bond motifs is 1. The number of alkyl halides is 3. The third-order valence-electron chi connectivity index (χ3n) is 5.42. The first kappa shape index (κ1) is 22.9. The van der Waals surface area contributed by atoms with E-state index in [4.69, 9.17) is 15.2 Å². The van der Waals surface area contributed by atoms with Crippen molar-refractivity contribution in [2.45, 2.75) is 26.6 Å². The van der Waals surface area contributed by atoms with Gasteiger partial charge in [-0.25, -0.2) is 9.97 Å². The number of anilines is 1. The minimum atomic E-state index is -4.86. The van der Waals surface area contributed by atoms with Crippen LogP contribution in [0.1, 0.15) is 27.9 Å². The molecule has 10 heteroatoms. The Labute approximate surface area is 193 Å². The van der Waals surface area contributed by atoms with Gasteiger partial charge in [-0.1, -0.05) is 36.4 Å². The molecule has 0 aliphatic carbocycles. The fourth-order valence-corrected chi connectivity index (χ4v) is 3.81. The van der Waals surface area contributed by atoms with Gasteiger partial charge in [-0.2, -0.15) is 18.4 Å². The SMILES string of the molecule is COc1ccc(C)c(-n2c(N)c(C#N)c3nc(OCc4ccccc4)c(C(F)(F)F)nc32)c1C. The van der Waals surface area contributed by atoms with Crippen molar-refractivity contribution in [3.8, 4) is 23.4 Å². The van der Waals surface area contributed by atoms with Crippen molar-refractivity contribution in [2.24, 2.45) is 0 Å². The number of ether oxygens (including phenoxy) is 2. The highest BCUT2D eigenvalue weighted by Crippen LogP contribution is 2.40. The number of nitrogen functional groups attached to an aromatic ring is 1. The summed E-state index contributed by atoms with van der Waals surface area (Å²) in [6, 6.07) is 14.1. The molecular weight excluding hydrogens is 447 g/mol. The molecule has 4 rings (SSSR count). The van der Waals surface area contributed by atoms with Crippen LogP contribution in [0.25, 0.3) is 16.9 Å². The second-order valence-electron chi connectivity index (χ2n) is 7.59. The molecular formula is C24H20F3N5O2. The van der Waals surface area contributed by atoms with Gasteiger partial charge in [0.2, 0.25) is 11.6 Å². The zero-order chi connectivity index (χ0) is 24.6. The summed E-state index contributed by atoms with van der Waals surface area (Å²) in [7, 11) is 1.48. The van der Waals surface area contributed by atoms with Crippen molar-refractivity contribution < 1.29 is 22.6 Å². The van der Waals surface area contributed by atoms with Crippen LogP contribution >= 0.6 is 0 Å². The van der Waals surface area contributed by atoms with Crippen LogP contribution in [0.2, 0.25) is 0 Å². The zero-order valence-electron chi connectivity index (χ0n) is 18.6. The molecule has 7 nitrogen and oxygen atoms in total. The zero-order valence-corrected chi connectivity index (χ0v) is 18.6. The Balaban J connectivity index is 1.99. The second-order valence-corrected chi connectivity index (χ2v) is 7.59. The lowest BCUT2D eigenvalue weighted by molar-refractivity contribution is -0.142. The van der Waals surface area contributed by atoms with Crippen LogP contribution in [0, 0.1) is 25.2 Å². The molecule has 2 N–H and O–H groups in total. The Bertz CT molecular complexity index is 1420. The van der Waals surface area contributed by atoms with E-state index in [2.05, 4.69) is 9.97 Å². The fraction of sp³-hybridized carbons (Fsp3) is 0.208. The summed E-state index contributed by atoms with van der Waals surface area (Å²) < 4.78 is 54.1. The van der Waals surface area contributed by atoms with E-state index >= 15 is 0 Å². The number of hydrogen-bond donors (Lipinski definition) is 1. The number of halogens is 3. The average molecular weight is 467 g/mol. The highest BCUT2D eigenvalue weighted by molar-refractivity contribution is 5.89. The fourth-order valence-electron chi connectivity index (χ4n) is 3.81. The van der Waals surface area contributed by atoms with E-state index in [1.54, 1.807) is 56.3 Å². The topological polar surface area (TPSA) is 99.0 Å². The highest BCUT2D eigenvalue weighted by atomic mass is 19.4. The van der Waals surface area contributed by atoms with Gasteiger partial charge in [0.15, 0.2) is 5.65 Å². The monoisotopic (exact) mass is 467 g/mol. The smallest absolute Gasteiger partial charge is 0.438 e. The second kappa shape index (κ2) is 8.59. The van der Waals surface area contributed by atoms with Gasteiger partial charge in [0.25, 0.3) is 0 Å². The van der Waals surface area contributed by atoms with E-state index < -0.39 is 17.8 Å². The van der Waals surface area contributed by atoms with Crippen molar-refractivity contribution in [3.63, 3.8) is 0 Å². The minimum Gasteiger partial charge on any atom is -0.496 e. The molecule has 0 aliphatic heterocycles. The number of nitrogens with two attached hydrogens (primary N) is 1. The Morgan fingerprint density at radius 2 is 1.79 bits per heavy atom. The van der Waals surface area contributed by atoms with E-state index in [0.29, 0.717) is 28.1 Å². The molecule has 0 saturated heterocycles. The lowest BCUT2D eigenvalue weighted by Crippen LogP contribution is -2.14. The van der Waals surface area contributed by atoms with Gasteiger partial charge >= 0.3 is 6.18 Å². The van der Waals surface area contributed by atoms with Gasteiger partial charge in [0, 0.05) is 5.56 Å². The van der Waals surface area contributed by atoms with Crippen molar-refractivity contribution >= 4 is 17.0 Å². The molecule has 34 heavy (non-hydrogen) atoms. The van der Waals surface area contributed by atoms with Crippen LogP contribution in [-0.4, -0.2) is 21.6 Å². The Hall–Kier alpha value is -4.26. The first-order valence-electron chi connectivity index (χ1n) is 10.2. The third kappa shape index (κ3) is 3.85. The quantitative estimate of drug-likeness (QED) is 0.439. The van der Waals surface area contributed by atoms with Crippen LogP contribution in [0.3, 0.4) is 0 Å². The third-order valence-corrected chi connectivity index (χ3v) is 5.42. The molecule has 0 saturated carbocycles. The Morgan fingerprint density at radius 3 is 2.41 bits per heavy atom. The van der Waals surface area contributed by atoms with E-state index in [0.717, 1.165) is 0 Å². The maximum Gasteiger partial charge on any atom is 0.438 e. The maximum atomic E-state index is 14.0. The predicted molar refractivity (Wildman–Crippen MR) is 120 cm³/mol. The number of nitriles is 1. The number of benzene rings is 2. The molecule has 0 atom stereocenters. The molecule has 0 fully saturated rings. The van der Waals surface area contributed by atoms with E-state index in [1.165, 1.54) is 11.7 Å². The summed E-state index contributed by atoms with van der Waals surface area (Å²) in [5.41, 5.74) is 7.00. The summed E-state index contributed by atoms with van der Waals surface area (Å²) in [4.78, 5) is 7.96. The summed E-state index contributed by atoms with van der Waals surface area (Å²) >= 11 is 0. The van der Waals surface area contributed by atoms with Crippen LogP contribution in [0.5, 0.6) is 11.6 Å². The van der Waals surface area contributed by atoms with Gasteiger partial charge in [-0.05, 0) is 31.0 Å². The van der Waals surface area contributed by atoms with Gasteiger partial charge in [-0.15, -0.1) is 0 Å². The molecule has 0 unspecified atom stereocenters. The molecule has 0 aliphatic rings. The van der Waals surface area contributed by atoms with Gasteiger partial charge in [-0.3, -0.25) is 4.57 Å². The van der Waals surface area contributed by atoms with E-state index in [1.807, 2.05) is 6.07 Å². The molecule has 2 heterocycles. The standard InChI is InChI=1S/C24H20F3N5O2/c1-13-9-10-17(33-3)14(2)19(13)32-21(29)16(11-28)18-22(32)31-20(24(25,26)27)23(30-18)34-12-15-7-5-4-6-8-15/h4-10H,12,29H2,1-3H3. The first-order valence-corrected chi connectivity index (χ1v) is 10.2. The molecule has 0 spiro atoms. The largest absolute Gasteiger partial charge is 0.496 e. The molecule has 0 radical (unpaired) electrons. The molecule has 2 aromatic heterocycles. The summed E-state index contributed by atoms with van der Waals surface area (Å²) in [5.74, 6) is -0.297. The summed E-state index contributed by atoms with van der Waals surface area (Å²) in [6.07, 6.45) is -4.86. The van der Waals surface area contributed by atoms with E-state index in [9.17, 15) is 18.4 Å². The molecule has 0 bridgehead atoms. The highest BCUT2D eigenvalue weighted by Gasteiger charge is 2.39. The van der Waals surface area contributed by atoms with Crippen molar-refractivity contribution in [1.29, 1.82) is 5.26 Å². The summed E-state index contributed by atoms with van der Waals surface area (Å²) in [6.45, 7) is 3.36. The van der Waals surface area contributed by atoms with Crippen LogP contribution in [-0.2, 0) is 12.8 Å².